The smallest absolute Gasteiger partial charge is 0.383 e. The molecule has 1 heterocycles. The topological polar surface area (TPSA) is 159 Å². The molecule has 10 nitrogen and oxygen atoms in total. The first-order chi connectivity index (χ1) is 16.4. The normalized spacial score (nSPS) is 13.4. The lowest BCUT2D eigenvalue weighted by molar-refractivity contribution is -0.116. The van der Waals surface area contributed by atoms with E-state index in [1.54, 1.807) is 19.9 Å². The molecule has 0 spiro atoms. The molecule has 14 heteroatoms. The lowest BCUT2D eigenvalue weighted by atomic mass is 10.2. The number of rotatable bonds is 11. The Labute approximate surface area is 213 Å². The van der Waals surface area contributed by atoms with Crippen LogP contribution in [0.3, 0.4) is 0 Å². The number of carbonyl (C=O) groups is 1. The zero-order valence-corrected chi connectivity index (χ0v) is 22.2. The van der Waals surface area contributed by atoms with E-state index in [0.29, 0.717) is 34.0 Å². The average molecular weight is 591 g/mol. The predicted octanol–water partition coefficient (Wildman–Crippen LogP) is 3.82. The van der Waals surface area contributed by atoms with Crippen molar-refractivity contribution in [3.63, 3.8) is 0 Å². The molecule has 5 N–H and O–H groups in total. The molecule has 0 aliphatic carbocycles. The molecule has 0 radical (unpaired) electrons. The molecule has 0 atom stereocenters. The zero-order chi connectivity index (χ0) is 26.2. The maximum Gasteiger partial charge on any atom is 0.469 e. The van der Waals surface area contributed by atoms with E-state index in [0.717, 1.165) is 0 Å². The standard InChI is InChI=1S/C21H25BrFN4O6PS/c1-13(27(12-28)11-16-10-25-14(2)26-21(16)24)19(7-8-33-34(30,31)32)35-20(29)6-4-15-3-5-18(23)17(22)9-15/h3-6,9-10,12,29,35H,7-8,11H2,1-2H3,(H2,24,25,26)(H2,30,31,32)/b6-4+,19-13-. The van der Waals surface area contributed by atoms with Gasteiger partial charge in [-0.1, -0.05) is 12.1 Å². The van der Waals surface area contributed by atoms with Crippen molar-refractivity contribution in [3.8, 4) is 0 Å². The molecule has 1 aromatic carbocycles. The number of aromatic nitrogens is 2. The fourth-order valence-electron chi connectivity index (χ4n) is 2.76. The third kappa shape index (κ3) is 9.73. The minimum Gasteiger partial charge on any atom is -0.383 e. The van der Waals surface area contributed by atoms with Crippen molar-refractivity contribution in [2.24, 2.45) is 0 Å². The fraction of sp³-hybridized carbons (Fsp3) is 0.238. The summed E-state index contributed by atoms with van der Waals surface area (Å²) in [6.45, 7) is 2.99. The number of hydrogen-bond acceptors (Lipinski definition) is 6. The molecular formula is C21H25BrFN4O6PS. The van der Waals surface area contributed by atoms with Crippen molar-refractivity contribution < 1.29 is 33.2 Å². The Morgan fingerprint density at radius 2 is 2.11 bits per heavy atom. The van der Waals surface area contributed by atoms with Gasteiger partial charge in [0.2, 0.25) is 6.41 Å². The summed E-state index contributed by atoms with van der Waals surface area (Å²) >= 11 is 3.36. The number of hydrogen-bond donors (Lipinski definition) is 5. The van der Waals surface area contributed by atoms with E-state index in [-0.39, 0.29) is 46.3 Å². The van der Waals surface area contributed by atoms with Crippen LogP contribution in [0.2, 0.25) is 0 Å². The highest BCUT2D eigenvalue weighted by Crippen LogP contribution is 2.36. The minimum atomic E-state index is -4.70. The summed E-state index contributed by atoms with van der Waals surface area (Å²) in [6, 6.07) is 4.34. The minimum absolute atomic E-state index is 0.00269. The summed E-state index contributed by atoms with van der Waals surface area (Å²) < 4.78 is 29.3. The molecule has 190 valence electrons. The van der Waals surface area contributed by atoms with Crippen LogP contribution in [0, 0.1) is 12.7 Å². The number of phosphoric acid groups is 1. The van der Waals surface area contributed by atoms with Crippen LogP contribution in [0.25, 0.3) is 6.08 Å². The van der Waals surface area contributed by atoms with Crippen molar-refractivity contribution >= 4 is 58.5 Å². The predicted molar refractivity (Wildman–Crippen MR) is 138 cm³/mol. The molecule has 0 aliphatic rings. The van der Waals surface area contributed by atoms with Gasteiger partial charge in [-0.2, -0.15) is 0 Å². The summed E-state index contributed by atoms with van der Waals surface area (Å²) in [4.78, 5) is 39.8. The zero-order valence-electron chi connectivity index (χ0n) is 18.8. The van der Waals surface area contributed by atoms with Crippen LogP contribution in [-0.4, -0.2) is 47.8 Å². The number of amides is 1. The van der Waals surface area contributed by atoms with Crippen molar-refractivity contribution in [1.29, 1.82) is 0 Å². The molecule has 0 unspecified atom stereocenters. The Balaban J connectivity index is 2.36. The van der Waals surface area contributed by atoms with Crippen LogP contribution in [0.1, 0.15) is 30.3 Å². The first kappa shape index (κ1) is 29.0. The van der Waals surface area contributed by atoms with Crippen LogP contribution >= 0.6 is 35.1 Å². The van der Waals surface area contributed by atoms with Gasteiger partial charge >= 0.3 is 7.82 Å². The molecule has 2 rings (SSSR count). The molecule has 0 bridgehead atoms. The quantitative estimate of drug-likeness (QED) is 0.0861. The summed E-state index contributed by atoms with van der Waals surface area (Å²) in [6.07, 6.45) is 5.03. The lowest BCUT2D eigenvalue weighted by Gasteiger charge is -2.21. The van der Waals surface area contributed by atoms with Crippen molar-refractivity contribution in [3.05, 3.63) is 68.3 Å². The molecule has 1 amide bonds. The first-order valence-electron chi connectivity index (χ1n) is 10.00. The van der Waals surface area contributed by atoms with E-state index in [2.05, 4.69) is 30.4 Å². The third-order valence-corrected chi connectivity index (χ3v) is 6.87. The summed E-state index contributed by atoms with van der Waals surface area (Å²) in [5.74, 6) is 0.265. The SMILES string of the molecule is C/C(=C(CCOP(=O)(O)O)/[SH]=C(O)\C=C\c1ccc(F)c(Br)c1)N(C=O)Cc1cnc(C)nc1N. The maximum atomic E-state index is 13.4. The highest BCUT2D eigenvalue weighted by molar-refractivity contribution is 9.10. The Morgan fingerprint density at radius 3 is 2.71 bits per heavy atom. The summed E-state index contributed by atoms with van der Waals surface area (Å²) in [7, 11) is -4.70. The second-order valence-corrected chi connectivity index (χ2v) is 10.5. The van der Waals surface area contributed by atoms with Crippen molar-refractivity contribution in [2.75, 3.05) is 12.3 Å². The number of phosphoric ester groups is 1. The molecule has 0 fully saturated rings. The second-order valence-electron chi connectivity index (χ2n) is 7.14. The van der Waals surface area contributed by atoms with E-state index in [9.17, 15) is 18.9 Å². The molecule has 0 saturated carbocycles. The lowest BCUT2D eigenvalue weighted by Crippen LogP contribution is -2.22. The van der Waals surface area contributed by atoms with E-state index in [1.165, 1.54) is 35.4 Å². The van der Waals surface area contributed by atoms with Crippen LogP contribution in [0.5, 0.6) is 0 Å². The number of benzene rings is 1. The largest absolute Gasteiger partial charge is 0.469 e. The maximum absolute atomic E-state index is 13.4. The number of anilines is 1. The third-order valence-electron chi connectivity index (χ3n) is 4.55. The van der Waals surface area contributed by atoms with Gasteiger partial charge < -0.3 is 25.5 Å². The van der Waals surface area contributed by atoms with Gasteiger partial charge in [-0.15, -0.1) is 11.4 Å². The van der Waals surface area contributed by atoms with Crippen LogP contribution in [0.15, 0.2) is 45.5 Å². The number of halogens is 2. The summed E-state index contributed by atoms with van der Waals surface area (Å²) in [5.41, 5.74) is 7.46. The highest BCUT2D eigenvalue weighted by atomic mass is 79.9. The van der Waals surface area contributed by atoms with E-state index in [4.69, 9.17) is 15.5 Å². The molecular weight excluding hydrogens is 566 g/mol. The Kier molecular flexibility index (Phi) is 10.9. The number of aliphatic hydroxyl groups excluding tert-OH is 1. The number of nitrogens with two attached hydrogens (primary N) is 1. The van der Waals surface area contributed by atoms with Gasteiger partial charge in [0, 0.05) is 28.8 Å². The number of nitrogen functional groups attached to an aromatic ring is 1. The highest BCUT2D eigenvalue weighted by Gasteiger charge is 2.16. The molecule has 0 saturated heterocycles. The number of nitrogens with zero attached hydrogens (tertiary/aromatic N) is 3. The summed E-state index contributed by atoms with van der Waals surface area (Å²) in [5, 5.41) is 10.4. The average Bonchev–Trinajstić information content (AvgIpc) is 2.77. The Bertz CT molecular complexity index is 1220. The molecule has 2 aromatic rings. The Hall–Kier alpha value is -2.25. The van der Waals surface area contributed by atoms with E-state index >= 15 is 0 Å². The van der Waals surface area contributed by atoms with Crippen molar-refractivity contribution in [2.45, 2.75) is 26.8 Å². The number of aryl methyl sites for hydroxylation is 1. The molecule has 0 aliphatic heterocycles. The van der Waals surface area contributed by atoms with E-state index < -0.39 is 13.6 Å². The van der Waals surface area contributed by atoms with Gasteiger partial charge in [0.15, 0.2) is 0 Å². The van der Waals surface area contributed by atoms with Gasteiger partial charge in [0.25, 0.3) is 0 Å². The van der Waals surface area contributed by atoms with Crippen LogP contribution < -0.4 is 5.73 Å². The van der Waals surface area contributed by atoms with Gasteiger partial charge in [0.1, 0.15) is 17.5 Å². The number of thiol groups is 1. The van der Waals surface area contributed by atoms with Crippen molar-refractivity contribution in [1.82, 2.24) is 14.9 Å². The monoisotopic (exact) mass is 590 g/mol. The van der Waals surface area contributed by atoms with Crippen LogP contribution in [-0.2, 0) is 20.4 Å². The van der Waals surface area contributed by atoms with Gasteiger partial charge in [-0.25, -0.2) is 18.9 Å². The number of carbonyl (C=O) groups excluding carboxylic acids is 1. The first-order valence-corrected chi connectivity index (χ1v) is 13.2. The molecule has 1 aromatic heterocycles. The van der Waals surface area contributed by atoms with Crippen LogP contribution in [0.4, 0.5) is 10.2 Å². The second kappa shape index (κ2) is 13.2. The van der Waals surface area contributed by atoms with E-state index in [1.807, 2.05) is 0 Å². The number of aliphatic hydroxyl groups is 1. The van der Waals surface area contributed by atoms with Gasteiger partial charge in [-0.3, -0.25) is 9.32 Å². The van der Waals surface area contributed by atoms with Gasteiger partial charge in [-0.05, 0) is 53.5 Å². The fourth-order valence-corrected chi connectivity index (χ4v) is 4.40. The molecule has 35 heavy (non-hydrogen) atoms. The number of allylic oxidation sites excluding steroid dienone is 1. The van der Waals surface area contributed by atoms with Gasteiger partial charge in [0.05, 0.1) is 22.7 Å². The Morgan fingerprint density at radius 1 is 1.40 bits per heavy atom.